The third kappa shape index (κ3) is 3.13. The summed E-state index contributed by atoms with van der Waals surface area (Å²) in [5.74, 6) is 0.110. The van der Waals surface area contributed by atoms with Crippen LogP contribution in [-0.4, -0.2) is 39.0 Å². The normalized spacial score (nSPS) is 28.2. The lowest BCUT2D eigenvalue weighted by molar-refractivity contribution is 0.0501. The van der Waals surface area contributed by atoms with Crippen LogP contribution in [0.5, 0.6) is 0 Å². The molecular weight excluding hydrogens is 288 g/mol. The maximum atomic E-state index is 12.6. The summed E-state index contributed by atoms with van der Waals surface area (Å²) in [4.78, 5) is 0. The standard InChI is InChI=1S/C15H22N2O3S/c16-11-15(6-8-20-9-7-15)17-21(18,19)14-10-13(14)12-4-2-1-3-5-12/h1-5,13-14,17H,6-11,16H2/t13-,14+/m0/s1. The summed E-state index contributed by atoms with van der Waals surface area (Å²) in [5, 5.41) is -0.328. The molecule has 3 rings (SSSR count). The summed E-state index contributed by atoms with van der Waals surface area (Å²) in [6, 6.07) is 9.83. The molecule has 1 aromatic rings. The second kappa shape index (κ2) is 5.68. The van der Waals surface area contributed by atoms with Crippen molar-refractivity contribution < 1.29 is 13.2 Å². The molecule has 0 amide bonds. The molecule has 1 saturated carbocycles. The fourth-order valence-electron chi connectivity index (χ4n) is 3.05. The van der Waals surface area contributed by atoms with E-state index >= 15 is 0 Å². The fourth-order valence-corrected chi connectivity index (χ4v) is 5.15. The van der Waals surface area contributed by atoms with E-state index in [1.54, 1.807) is 0 Å². The first-order valence-corrected chi connectivity index (χ1v) is 8.96. The molecule has 0 radical (unpaired) electrons. The number of nitrogens with two attached hydrogens (primary N) is 1. The van der Waals surface area contributed by atoms with Crippen LogP contribution < -0.4 is 10.5 Å². The number of rotatable bonds is 5. The Kier molecular flexibility index (Phi) is 4.05. The minimum atomic E-state index is -3.34. The summed E-state index contributed by atoms with van der Waals surface area (Å²) < 4.78 is 33.4. The monoisotopic (exact) mass is 310 g/mol. The van der Waals surface area contributed by atoms with Crippen LogP contribution in [0.1, 0.15) is 30.7 Å². The van der Waals surface area contributed by atoms with Gasteiger partial charge in [0.05, 0.1) is 5.25 Å². The molecule has 1 saturated heterocycles. The van der Waals surface area contributed by atoms with Gasteiger partial charge in [-0.2, -0.15) is 0 Å². The number of hydrogen-bond acceptors (Lipinski definition) is 4. The Bertz CT molecular complexity index is 582. The van der Waals surface area contributed by atoms with Gasteiger partial charge in [-0.15, -0.1) is 0 Å². The van der Waals surface area contributed by atoms with Crippen molar-refractivity contribution in [3.05, 3.63) is 35.9 Å². The van der Waals surface area contributed by atoms with E-state index in [1.165, 1.54) is 0 Å². The molecule has 1 aliphatic heterocycles. The average Bonchev–Trinajstić information content (AvgIpc) is 3.30. The highest BCUT2D eigenvalue weighted by atomic mass is 32.2. The Morgan fingerprint density at radius 2 is 1.90 bits per heavy atom. The van der Waals surface area contributed by atoms with Crippen molar-refractivity contribution in [1.82, 2.24) is 4.72 Å². The highest BCUT2D eigenvalue weighted by molar-refractivity contribution is 7.90. The van der Waals surface area contributed by atoms with Gasteiger partial charge < -0.3 is 10.5 Å². The van der Waals surface area contributed by atoms with Crippen molar-refractivity contribution in [2.45, 2.75) is 36.0 Å². The lowest BCUT2D eigenvalue weighted by Gasteiger charge is -2.36. The summed E-state index contributed by atoms with van der Waals surface area (Å²) in [6.07, 6.45) is 1.98. The van der Waals surface area contributed by atoms with Gasteiger partial charge in [0.25, 0.3) is 0 Å². The molecule has 2 aliphatic rings. The van der Waals surface area contributed by atoms with Crippen LogP contribution in [0.25, 0.3) is 0 Å². The van der Waals surface area contributed by atoms with Crippen molar-refractivity contribution in [3.63, 3.8) is 0 Å². The molecule has 2 atom stereocenters. The smallest absolute Gasteiger partial charge is 0.215 e. The van der Waals surface area contributed by atoms with Crippen LogP contribution in [0.4, 0.5) is 0 Å². The van der Waals surface area contributed by atoms with Crippen molar-refractivity contribution in [3.8, 4) is 0 Å². The SMILES string of the molecule is NCC1(NS(=O)(=O)[C@@H]2C[C@H]2c2ccccc2)CCOCC1. The molecule has 116 valence electrons. The quantitative estimate of drug-likeness (QED) is 0.849. The minimum absolute atomic E-state index is 0.110. The van der Waals surface area contributed by atoms with Crippen LogP contribution in [0, 0.1) is 0 Å². The van der Waals surface area contributed by atoms with Crippen LogP contribution in [0.2, 0.25) is 0 Å². The van der Waals surface area contributed by atoms with Gasteiger partial charge in [0.15, 0.2) is 0 Å². The Labute approximate surface area is 125 Å². The first kappa shape index (κ1) is 15.0. The van der Waals surface area contributed by atoms with E-state index in [2.05, 4.69) is 4.72 Å². The molecule has 1 heterocycles. The van der Waals surface area contributed by atoms with Crippen LogP contribution in [0.15, 0.2) is 30.3 Å². The largest absolute Gasteiger partial charge is 0.381 e. The lowest BCUT2D eigenvalue weighted by atomic mass is 9.92. The Morgan fingerprint density at radius 1 is 1.24 bits per heavy atom. The summed E-state index contributed by atoms with van der Waals surface area (Å²) in [7, 11) is -3.34. The predicted octanol–water partition coefficient (Wildman–Crippen LogP) is 0.970. The lowest BCUT2D eigenvalue weighted by Crippen LogP contribution is -2.57. The molecule has 0 aromatic heterocycles. The van der Waals surface area contributed by atoms with Gasteiger partial charge in [0, 0.05) is 31.2 Å². The zero-order chi connectivity index (χ0) is 14.9. The van der Waals surface area contributed by atoms with E-state index in [0.29, 0.717) is 39.0 Å². The van der Waals surface area contributed by atoms with E-state index in [9.17, 15) is 8.42 Å². The zero-order valence-electron chi connectivity index (χ0n) is 12.0. The van der Waals surface area contributed by atoms with Gasteiger partial charge in [-0.1, -0.05) is 30.3 Å². The van der Waals surface area contributed by atoms with Crippen molar-refractivity contribution in [2.75, 3.05) is 19.8 Å². The summed E-state index contributed by atoms with van der Waals surface area (Å²) >= 11 is 0. The highest BCUT2D eigenvalue weighted by Crippen LogP contribution is 2.46. The molecule has 5 nitrogen and oxygen atoms in total. The maximum Gasteiger partial charge on any atom is 0.215 e. The minimum Gasteiger partial charge on any atom is -0.381 e. The van der Waals surface area contributed by atoms with Gasteiger partial charge in [0.2, 0.25) is 10.0 Å². The van der Waals surface area contributed by atoms with E-state index in [-0.39, 0.29) is 11.2 Å². The zero-order valence-corrected chi connectivity index (χ0v) is 12.8. The third-order valence-corrected chi connectivity index (χ3v) is 6.59. The van der Waals surface area contributed by atoms with Gasteiger partial charge in [0.1, 0.15) is 0 Å². The van der Waals surface area contributed by atoms with Crippen molar-refractivity contribution >= 4 is 10.0 Å². The average molecular weight is 310 g/mol. The van der Waals surface area contributed by atoms with E-state index < -0.39 is 15.6 Å². The van der Waals surface area contributed by atoms with E-state index in [1.807, 2.05) is 30.3 Å². The number of hydrogen-bond donors (Lipinski definition) is 2. The summed E-state index contributed by atoms with van der Waals surface area (Å²) in [6.45, 7) is 1.44. The molecule has 2 fully saturated rings. The number of sulfonamides is 1. The molecular formula is C15H22N2O3S. The van der Waals surface area contributed by atoms with E-state index in [0.717, 1.165) is 5.56 Å². The molecule has 0 unspecified atom stereocenters. The summed E-state index contributed by atoms with van der Waals surface area (Å²) in [5.41, 5.74) is 6.40. The molecule has 0 bridgehead atoms. The molecule has 1 aliphatic carbocycles. The fraction of sp³-hybridized carbons (Fsp3) is 0.600. The van der Waals surface area contributed by atoms with E-state index in [4.69, 9.17) is 10.5 Å². The Hall–Kier alpha value is -0.950. The predicted molar refractivity (Wildman–Crippen MR) is 81.5 cm³/mol. The molecule has 21 heavy (non-hydrogen) atoms. The second-order valence-electron chi connectivity index (χ2n) is 6.04. The van der Waals surface area contributed by atoms with Gasteiger partial charge in [-0.25, -0.2) is 13.1 Å². The molecule has 0 spiro atoms. The molecule has 3 N–H and O–H groups in total. The Morgan fingerprint density at radius 3 is 2.52 bits per heavy atom. The second-order valence-corrected chi connectivity index (χ2v) is 7.93. The third-order valence-electron chi connectivity index (χ3n) is 4.56. The van der Waals surface area contributed by atoms with Crippen LogP contribution in [0.3, 0.4) is 0 Å². The van der Waals surface area contributed by atoms with Gasteiger partial charge in [-0.3, -0.25) is 0 Å². The number of benzene rings is 1. The first-order chi connectivity index (χ1) is 10.1. The highest BCUT2D eigenvalue weighted by Gasteiger charge is 2.50. The van der Waals surface area contributed by atoms with Gasteiger partial charge in [-0.05, 0) is 24.8 Å². The van der Waals surface area contributed by atoms with Crippen LogP contribution in [-0.2, 0) is 14.8 Å². The van der Waals surface area contributed by atoms with Crippen molar-refractivity contribution in [1.29, 1.82) is 0 Å². The maximum absolute atomic E-state index is 12.6. The molecule has 6 heteroatoms. The van der Waals surface area contributed by atoms with Gasteiger partial charge >= 0.3 is 0 Å². The van der Waals surface area contributed by atoms with Crippen LogP contribution >= 0.6 is 0 Å². The topological polar surface area (TPSA) is 81.4 Å². The van der Waals surface area contributed by atoms with Crippen molar-refractivity contribution in [2.24, 2.45) is 5.73 Å². The first-order valence-electron chi connectivity index (χ1n) is 7.42. The Balaban J connectivity index is 1.71. The molecule has 1 aromatic carbocycles. The number of ether oxygens (including phenoxy) is 1. The number of nitrogens with one attached hydrogen (secondary N) is 1.